The molecule has 27 nitrogen and oxygen atoms in total. The number of unbranched alkanes of at least 4 members (excludes halogenated alkanes) is 2. The third-order valence-corrected chi connectivity index (χ3v) is 16.6. The predicted octanol–water partition coefficient (Wildman–Crippen LogP) is -0.684. The number of hydrogen-bond donors (Lipinski definition) is 14. The Bertz CT molecular complexity index is 3160. The number of aromatic amines is 2. The Morgan fingerprint density at radius 3 is 1.44 bits per heavy atom. The molecule has 478 valence electrons. The van der Waals surface area contributed by atoms with Crippen LogP contribution < -0.4 is 65.5 Å². The maximum absolute atomic E-state index is 14.8. The molecule has 0 spiro atoms. The number of nitrogens with zero attached hydrogens (tertiary/aromatic N) is 3. The molecule has 0 aliphatic carbocycles. The summed E-state index contributed by atoms with van der Waals surface area (Å²) in [6, 6.07) is 2.42. The van der Waals surface area contributed by atoms with E-state index in [-0.39, 0.29) is 90.0 Å². The molecule has 0 unspecified atom stereocenters. The summed E-state index contributed by atoms with van der Waals surface area (Å²) in [5, 5.41) is 24.0. The standard InChI is InChI=1S/C61H89N17O10/c1-34(2)50-58(86)73-45(22-13-27-66-61(64)65)53(81)71-43(20-9-11-25-62)52(80)72-44(21-10-12-26-63)54(82)75-46(30-37-32-67-41-18-7-5-16-39(37)41)55(83)70-36(4)59(87)78-29-15-24-49(78)60(88)77-28-14-23-48(77)57(85)69-35(3)51(79)74-47(56(84)76-50)31-38-33-68-42-19-8-6-17-40(38)42/h5-8,16-19,32-36,43-50,67-68H,9-15,20-31,62-63H2,1-4H3,(H,69,85)(H,70,83)(H,71,81)(H,72,80)(H,73,86)(H,74,79)(H,75,82)(H,76,84)(H4,64,65,66)/t35-,36-,43-,44-,45-,46-,47-,48-,49+,50-/m0/s1. The number of para-hydroxylation sites is 2. The second-order valence-corrected chi connectivity index (χ2v) is 23.5. The van der Waals surface area contributed by atoms with Gasteiger partial charge in [-0.3, -0.25) is 52.9 Å². The van der Waals surface area contributed by atoms with E-state index in [0.29, 0.717) is 49.7 Å². The fraction of sp³-hybridized carbons (Fsp3) is 0.557. The highest BCUT2D eigenvalue weighted by Crippen LogP contribution is 2.27. The average molecular weight is 1220 g/mol. The quantitative estimate of drug-likeness (QED) is 0.0354. The Kier molecular flexibility index (Phi) is 24.2. The molecule has 2 aromatic carbocycles. The highest BCUT2D eigenvalue weighted by Gasteiger charge is 2.44. The highest BCUT2D eigenvalue weighted by molar-refractivity contribution is 6.00. The van der Waals surface area contributed by atoms with Gasteiger partial charge in [-0.05, 0) is 133 Å². The molecular weight excluding hydrogens is 1130 g/mol. The van der Waals surface area contributed by atoms with Gasteiger partial charge in [0, 0.05) is 66.7 Å². The summed E-state index contributed by atoms with van der Waals surface area (Å²) in [5.41, 5.74) is 25.9. The van der Waals surface area contributed by atoms with Crippen LogP contribution in [0.3, 0.4) is 0 Å². The number of amides is 10. The van der Waals surface area contributed by atoms with E-state index in [9.17, 15) is 47.9 Å². The van der Waals surface area contributed by atoms with Crippen molar-refractivity contribution < 1.29 is 47.9 Å². The van der Waals surface area contributed by atoms with Crippen molar-refractivity contribution >= 4 is 86.8 Å². The van der Waals surface area contributed by atoms with Gasteiger partial charge >= 0.3 is 0 Å². The summed E-state index contributed by atoms with van der Waals surface area (Å²) < 4.78 is 0. The molecule has 10 atom stereocenters. The van der Waals surface area contributed by atoms with Crippen molar-refractivity contribution in [3.63, 3.8) is 0 Å². The lowest BCUT2D eigenvalue weighted by Crippen LogP contribution is -2.61. The third-order valence-electron chi connectivity index (χ3n) is 16.6. The van der Waals surface area contributed by atoms with Crippen molar-refractivity contribution in [3.05, 3.63) is 72.1 Å². The number of aromatic nitrogens is 2. The van der Waals surface area contributed by atoms with E-state index < -0.39 is 125 Å². The van der Waals surface area contributed by atoms with E-state index in [1.54, 1.807) is 26.2 Å². The van der Waals surface area contributed by atoms with Gasteiger partial charge in [0.05, 0.1) is 0 Å². The van der Waals surface area contributed by atoms with Crippen LogP contribution in [0.2, 0.25) is 0 Å². The van der Waals surface area contributed by atoms with Crippen molar-refractivity contribution in [1.29, 1.82) is 0 Å². The second kappa shape index (κ2) is 31.9. The van der Waals surface area contributed by atoms with Crippen LogP contribution in [-0.2, 0) is 60.8 Å². The van der Waals surface area contributed by atoms with E-state index in [1.807, 2.05) is 48.5 Å². The Morgan fingerprint density at radius 1 is 0.500 bits per heavy atom. The number of carbonyl (C=O) groups is 10. The number of aliphatic imine (C=N–C) groups is 1. The molecule has 0 radical (unpaired) electrons. The lowest BCUT2D eigenvalue weighted by molar-refractivity contribution is -0.148. The maximum atomic E-state index is 14.8. The molecule has 4 aromatic rings. The normalized spacial score (nSPS) is 25.4. The molecule has 27 heteroatoms. The van der Waals surface area contributed by atoms with Gasteiger partial charge < -0.3 is 85.2 Å². The number of hydrogen-bond acceptors (Lipinski definition) is 13. The number of H-pyrrole nitrogens is 2. The topological polar surface area (TPSA) is 421 Å². The van der Waals surface area contributed by atoms with Crippen LogP contribution in [0.1, 0.15) is 116 Å². The number of guanidine groups is 1. The van der Waals surface area contributed by atoms with E-state index >= 15 is 0 Å². The molecular formula is C61H89N17O10. The zero-order valence-corrected chi connectivity index (χ0v) is 50.8. The van der Waals surface area contributed by atoms with E-state index in [0.717, 1.165) is 21.8 Å². The molecule has 3 aliphatic heterocycles. The van der Waals surface area contributed by atoms with E-state index in [1.165, 1.54) is 23.6 Å². The maximum Gasteiger partial charge on any atom is 0.246 e. The largest absolute Gasteiger partial charge is 0.370 e. The summed E-state index contributed by atoms with van der Waals surface area (Å²) in [5.74, 6) is -7.75. The number of rotatable bonds is 17. The highest BCUT2D eigenvalue weighted by atomic mass is 16.2. The summed E-state index contributed by atoms with van der Waals surface area (Å²) in [4.78, 5) is 159. The van der Waals surface area contributed by atoms with Gasteiger partial charge in [-0.1, -0.05) is 50.2 Å². The van der Waals surface area contributed by atoms with Crippen molar-refractivity contribution in [2.45, 2.75) is 178 Å². The fourth-order valence-electron chi connectivity index (χ4n) is 11.7. The van der Waals surface area contributed by atoms with Crippen LogP contribution in [0, 0.1) is 5.92 Å². The molecule has 2 aromatic heterocycles. The number of carbonyl (C=O) groups excluding carboxylic acids is 10. The zero-order chi connectivity index (χ0) is 63.6. The number of nitrogens with one attached hydrogen (secondary N) is 10. The van der Waals surface area contributed by atoms with Crippen molar-refractivity contribution in [3.8, 4) is 0 Å². The van der Waals surface area contributed by atoms with E-state index in [2.05, 4.69) is 57.5 Å². The second-order valence-electron chi connectivity index (χ2n) is 23.5. The molecule has 0 bridgehead atoms. The lowest BCUT2D eigenvalue weighted by Gasteiger charge is -2.33. The van der Waals surface area contributed by atoms with Crippen LogP contribution in [0.4, 0.5) is 0 Å². The van der Waals surface area contributed by atoms with Crippen molar-refractivity contribution in [1.82, 2.24) is 62.3 Å². The Hall–Kier alpha value is -8.59. The fourth-order valence-corrected chi connectivity index (χ4v) is 11.7. The smallest absolute Gasteiger partial charge is 0.246 e. The third kappa shape index (κ3) is 17.6. The predicted molar refractivity (Wildman–Crippen MR) is 331 cm³/mol. The van der Waals surface area contributed by atoms with Gasteiger partial charge in [0.2, 0.25) is 59.1 Å². The Balaban J connectivity index is 1.25. The molecule has 0 saturated carbocycles. The first-order chi connectivity index (χ1) is 42.2. The van der Waals surface area contributed by atoms with Crippen LogP contribution in [0.25, 0.3) is 21.8 Å². The molecule has 88 heavy (non-hydrogen) atoms. The number of nitrogens with two attached hydrogens (primary N) is 4. The van der Waals surface area contributed by atoms with Crippen molar-refractivity contribution in [2.24, 2.45) is 33.8 Å². The van der Waals surface area contributed by atoms with Gasteiger partial charge in [0.1, 0.15) is 60.4 Å². The zero-order valence-electron chi connectivity index (χ0n) is 50.8. The minimum atomic E-state index is -1.35. The van der Waals surface area contributed by atoms with Crippen molar-refractivity contribution in [2.75, 3.05) is 32.7 Å². The first kappa shape index (κ1) is 66.9. The molecule has 7 rings (SSSR count). The van der Waals surface area contributed by atoms with Gasteiger partial charge in [0.15, 0.2) is 5.96 Å². The van der Waals surface area contributed by atoms with Gasteiger partial charge in [-0.15, -0.1) is 0 Å². The monoisotopic (exact) mass is 1220 g/mol. The Labute approximate surface area is 511 Å². The first-order valence-corrected chi connectivity index (χ1v) is 30.8. The number of fused-ring (bicyclic) bond motifs is 4. The SMILES string of the molecule is CC(C)[C@@H]1NC(=O)[C@H](Cc2c[nH]c3ccccc23)NC(=O)[C@H](C)NC(=O)[C@@H]2CCCN2C(=O)[C@H]2CCCN2C(=O)[C@H](C)NC(=O)[C@H](Cc2c[nH]c3ccccc23)NC(=O)[C@H](CCCCN)NC(=O)[C@H](CCCCN)NC(=O)[C@H](CCCN=C(N)N)NC1=O. The van der Waals surface area contributed by atoms with Crippen LogP contribution in [-0.4, -0.2) is 178 Å². The van der Waals surface area contributed by atoms with Crippen LogP contribution in [0.5, 0.6) is 0 Å². The number of benzene rings is 2. The van der Waals surface area contributed by atoms with E-state index in [4.69, 9.17) is 22.9 Å². The summed E-state index contributed by atoms with van der Waals surface area (Å²) in [6.07, 6.45) is 6.65. The molecule has 10 amide bonds. The summed E-state index contributed by atoms with van der Waals surface area (Å²) >= 11 is 0. The average Bonchev–Trinajstić information content (AvgIpc) is 3.64. The molecule has 3 fully saturated rings. The Morgan fingerprint density at radius 2 is 0.932 bits per heavy atom. The molecule has 5 heterocycles. The summed E-state index contributed by atoms with van der Waals surface area (Å²) in [6.45, 7) is 7.27. The minimum absolute atomic E-state index is 0.0489. The van der Waals surface area contributed by atoms with Crippen LogP contribution >= 0.6 is 0 Å². The molecule has 3 saturated heterocycles. The molecule has 18 N–H and O–H groups in total. The minimum Gasteiger partial charge on any atom is -0.370 e. The van der Waals surface area contributed by atoms with Gasteiger partial charge in [0.25, 0.3) is 0 Å². The van der Waals surface area contributed by atoms with Gasteiger partial charge in [-0.2, -0.15) is 0 Å². The first-order valence-electron chi connectivity index (χ1n) is 30.8. The molecule has 3 aliphatic rings. The van der Waals surface area contributed by atoms with Gasteiger partial charge in [-0.25, -0.2) is 0 Å². The lowest BCUT2D eigenvalue weighted by atomic mass is 9.99. The summed E-state index contributed by atoms with van der Waals surface area (Å²) in [7, 11) is 0. The van der Waals surface area contributed by atoms with Crippen LogP contribution in [0.15, 0.2) is 65.9 Å².